The summed E-state index contributed by atoms with van der Waals surface area (Å²) in [5.74, 6) is -8.27. The van der Waals surface area contributed by atoms with E-state index in [2.05, 4.69) is 0 Å². The van der Waals surface area contributed by atoms with Crippen LogP contribution >= 0.6 is 0 Å². The number of methoxy groups -OCH3 is 1. The van der Waals surface area contributed by atoms with Gasteiger partial charge >= 0.3 is 12.1 Å². The Kier molecular flexibility index (Phi) is 10.6. The van der Waals surface area contributed by atoms with Gasteiger partial charge in [0.1, 0.15) is 29.4 Å². The lowest BCUT2D eigenvalue weighted by atomic mass is 9.57. The number of phenols is 1. The number of hydrogen-bond donors (Lipinski definition) is 5. The number of primary amides is 1. The van der Waals surface area contributed by atoms with Gasteiger partial charge in [0.25, 0.3) is 5.91 Å². The number of ketones is 2. The molecule has 0 aromatic heterocycles. The van der Waals surface area contributed by atoms with E-state index < -0.39 is 88.1 Å². The van der Waals surface area contributed by atoms with Crippen molar-refractivity contribution < 1.29 is 58.6 Å². The number of ether oxygens (including phenoxy) is 3. The van der Waals surface area contributed by atoms with Crippen LogP contribution < -0.4 is 10.6 Å². The Morgan fingerprint density at radius 3 is 2.24 bits per heavy atom. The number of nitrogens with zero attached hydrogens (tertiary/aromatic N) is 3. The fraction of sp³-hybridized carbons (Fsp3) is 0.559. The van der Waals surface area contributed by atoms with E-state index >= 15 is 0 Å². The molecule has 1 fully saturated rings. The van der Waals surface area contributed by atoms with Gasteiger partial charge in [0.2, 0.25) is 12.6 Å². The van der Waals surface area contributed by atoms with Crippen LogP contribution in [0.3, 0.4) is 0 Å². The molecule has 1 saturated carbocycles. The third kappa shape index (κ3) is 6.74. The highest BCUT2D eigenvalue weighted by Crippen LogP contribution is 2.54. The molecular formula is C34H46N4O12. The van der Waals surface area contributed by atoms with E-state index in [4.69, 9.17) is 19.9 Å². The van der Waals surface area contributed by atoms with Crippen LogP contribution in [-0.2, 0) is 46.4 Å². The van der Waals surface area contributed by atoms with Gasteiger partial charge in [-0.25, -0.2) is 9.59 Å². The summed E-state index contributed by atoms with van der Waals surface area (Å²) in [6.45, 7) is 4.51. The highest BCUT2D eigenvalue weighted by atomic mass is 16.7. The van der Waals surface area contributed by atoms with E-state index in [1.54, 1.807) is 25.1 Å². The molecule has 0 bridgehead atoms. The molecule has 3 aliphatic rings. The Morgan fingerprint density at radius 2 is 1.70 bits per heavy atom. The molecule has 1 aromatic carbocycles. The fourth-order valence-corrected chi connectivity index (χ4v) is 7.23. The highest BCUT2D eigenvalue weighted by molar-refractivity contribution is 6.24. The van der Waals surface area contributed by atoms with Crippen LogP contribution in [0.15, 0.2) is 23.0 Å². The van der Waals surface area contributed by atoms with Gasteiger partial charge in [0.05, 0.1) is 18.2 Å². The second kappa shape index (κ2) is 13.9. The Morgan fingerprint density at radius 1 is 1.06 bits per heavy atom. The smallest absolute Gasteiger partial charge is 0.412 e. The summed E-state index contributed by atoms with van der Waals surface area (Å²) in [6, 6.07) is 0.448. The molecule has 16 heteroatoms. The van der Waals surface area contributed by atoms with Gasteiger partial charge in [0, 0.05) is 50.5 Å². The molecule has 0 radical (unpaired) electrons. The second-order valence-electron chi connectivity index (χ2n) is 14.5. The number of likely N-dealkylation sites (N-methyl/N-ethyl adjacent to an activating group) is 1. The normalized spacial score (nSPS) is 23.3. The van der Waals surface area contributed by atoms with E-state index in [9.17, 15) is 44.4 Å². The Bertz CT molecular complexity index is 1670. The molecule has 6 N–H and O–H groups in total. The Balaban J connectivity index is 1.83. The van der Waals surface area contributed by atoms with Crippen molar-refractivity contribution in [1.82, 2.24) is 9.80 Å². The molecule has 0 saturated heterocycles. The quantitative estimate of drug-likeness (QED) is 0.131. The van der Waals surface area contributed by atoms with Gasteiger partial charge in [-0.05, 0) is 49.9 Å². The minimum atomic E-state index is -2.78. The number of anilines is 1. The Labute approximate surface area is 289 Å². The molecule has 16 nitrogen and oxygen atoms in total. The molecule has 0 spiro atoms. The van der Waals surface area contributed by atoms with E-state index in [0.29, 0.717) is 11.3 Å². The third-order valence-electron chi connectivity index (χ3n) is 9.21. The SMILES string of the molecule is COCC(=O)OCOC(=O)N(Cc1cc(N(C)C)c2c(c1O)C(O)=C1C(=O)C3(O)C(O)=C(C(N)=O)C(=O)C(N(C)C)C3CC1C2)CC(C)(C)C. The minimum Gasteiger partial charge on any atom is -0.508 e. The standard InChI is InChI=1S/C34H46N4O12/c1-33(2,3)14-38(32(46)50-15-49-21(39)13-48-8)12-17-11-20(36(4)5)18-9-16-10-19-25(37(6)7)28(42)24(31(35)45)30(44)34(19,47)29(43)22(16)27(41)23(18)26(17)40/h11,16,19,25,40-41,44,47H,9-10,12-15H2,1-8H3,(H2,35,45). The second-order valence-corrected chi connectivity index (χ2v) is 14.5. The maximum absolute atomic E-state index is 14.3. The van der Waals surface area contributed by atoms with Crippen molar-refractivity contribution in [1.29, 1.82) is 0 Å². The average Bonchev–Trinajstić information content (AvgIpc) is 2.98. The highest BCUT2D eigenvalue weighted by Gasteiger charge is 2.64. The molecule has 274 valence electrons. The van der Waals surface area contributed by atoms with Crippen molar-refractivity contribution in [2.45, 2.75) is 51.8 Å². The zero-order valence-electron chi connectivity index (χ0n) is 29.5. The number of carbonyl (C=O) groups is 5. The molecule has 0 aliphatic heterocycles. The maximum atomic E-state index is 14.3. The number of amides is 2. The van der Waals surface area contributed by atoms with Crippen LogP contribution in [-0.4, -0.2) is 127 Å². The number of esters is 1. The van der Waals surface area contributed by atoms with Crippen molar-refractivity contribution in [3.05, 3.63) is 39.7 Å². The van der Waals surface area contributed by atoms with Gasteiger partial charge in [-0.15, -0.1) is 0 Å². The number of benzene rings is 1. The molecule has 2 amide bonds. The van der Waals surface area contributed by atoms with E-state index in [1.165, 1.54) is 31.0 Å². The predicted octanol–water partition coefficient (Wildman–Crippen LogP) is 1.16. The molecule has 4 atom stereocenters. The maximum Gasteiger partial charge on any atom is 0.412 e. The van der Waals surface area contributed by atoms with Crippen molar-refractivity contribution in [2.24, 2.45) is 23.0 Å². The molecular weight excluding hydrogens is 656 g/mol. The summed E-state index contributed by atoms with van der Waals surface area (Å²) >= 11 is 0. The first kappa shape index (κ1) is 38.1. The monoisotopic (exact) mass is 702 g/mol. The van der Waals surface area contributed by atoms with Crippen LogP contribution in [0.1, 0.15) is 43.9 Å². The zero-order valence-corrected chi connectivity index (χ0v) is 29.5. The minimum absolute atomic E-state index is 0.0543. The summed E-state index contributed by atoms with van der Waals surface area (Å²) in [5, 5.41) is 46.6. The van der Waals surface area contributed by atoms with Crippen LogP contribution in [0, 0.1) is 17.3 Å². The van der Waals surface area contributed by atoms with Crippen molar-refractivity contribution in [3.63, 3.8) is 0 Å². The number of aliphatic hydroxyl groups is 3. The first-order chi connectivity index (χ1) is 23.2. The first-order valence-corrected chi connectivity index (χ1v) is 15.9. The fourth-order valence-electron chi connectivity index (χ4n) is 7.23. The molecule has 3 aliphatic carbocycles. The summed E-state index contributed by atoms with van der Waals surface area (Å²) < 4.78 is 14.7. The average molecular weight is 703 g/mol. The lowest BCUT2D eigenvalue weighted by Gasteiger charge is -2.50. The third-order valence-corrected chi connectivity index (χ3v) is 9.21. The summed E-state index contributed by atoms with van der Waals surface area (Å²) in [7, 11) is 7.85. The molecule has 0 heterocycles. The molecule has 4 rings (SSSR count). The van der Waals surface area contributed by atoms with Crippen molar-refractivity contribution >= 4 is 41.0 Å². The summed E-state index contributed by atoms with van der Waals surface area (Å²) in [5.41, 5.74) is 2.07. The van der Waals surface area contributed by atoms with Crippen LogP contribution in [0.4, 0.5) is 10.5 Å². The van der Waals surface area contributed by atoms with Gasteiger partial charge in [-0.1, -0.05) is 20.8 Å². The number of fused-ring (bicyclic) bond motifs is 3. The number of rotatable bonds is 10. The lowest BCUT2D eigenvalue weighted by Crippen LogP contribution is -2.65. The number of hydrogen-bond acceptors (Lipinski definition) is 14. The van der Waals surface area contributed by atoms with Crippen molar-refractivity contribution in [3.8, 4) is 5.75 Å². The van der Waals surface area contributed by atoms with E-state index in [1.807, 2.05) is 20.8 Å². The number of Topliss-reactive ketones (excluding diaryl/α,β-unsaturated/α-hetero) is 2. The number of carbonyl (C=O) groups excluding carboxylic acids is 5. The topological polar surface area (TPSA) is 230 Å². The number of aromatic hydroxyl groups is 1. The van der Waals surface area contributed by atoms with Gasteiger partial charge in [-0.2, -0.15) is 0 Å². The molecule has 1 aromatic rings. The van der Waals surface area contributed by atoms with E-state index in [0.717, 1.165) is 0 Å². The number of nitrogens with two attached hydrogens (primary N) is 1. The first-order valence-electron chi connectivity index (χ1n) is 15.9. The van der Waals surface area contributed by atoms with Crippen molar-refractivity contribution in [2.75, 3.05) is 60.1 Å². The van der Waals surface area contributed by atoms with Crippen LogP contribution in [0.25, 0.3) is 5.76 Å². The zero-order chi connectivity index (χ0) is 37.6. The van der Waals surface area contributed by atoms with Gasteiger partial charge in [0.15, 0.2) is 11.4 Å². The largest absolute Gasteiger partial charge is 0.508 e. The molecule has 50 heavy (non-hydrogen) atoms. The Hall–Kier alpha value is -4.67. The van der Waals surface area contributed by atoms with Crippen LogP contribution in [0.5, 0.6) is 5.75 Å². The predicted molar refractivity (Wildman–Crippen MR) is 178 cm³/mol. The van der Waals surface area contributed by atoms with Gasteiger partial charge in [-0.3, -0.25) is 19.3 Å². The lowest BCUT2D eigenvalue weighted by molar-refractivity contribution is -0.157. The van der Waals surface area contributed by atoms with Gasteiger partial charge < -0.3 is 50.2 Å². The van der Waals surface area contributed by atoms with Crippen LogP contribution in [0.2, 0.25) is 0 Å². The number of aliphatic hydroxyl groups excluding tert-OH is 2. The molecule has 4 unspecified atom stereocenters. The summed E-state index contributed by atoms with van der Waals surface area (Å²) in [4.78, 5) is 69.3. The summed E-state index contributed by atoms with van der Waals surface area (Å²) in [6.07, 6.45) is -0.820. The van der Waals surface area contributed by atoms with E-state index in [-0.39, 0.29) is 49.2 Å². The number of phenolic OH excluding ortho intramolecular Hbond substituents is 1.